The lowest BCUT2D eigenvalue weighted by molar-refractivity contribution is -0.186. The van der Waals surface area contributed by atoms with Gasteiger partial charge in [-0.15, -0.1) is 0 Å². The van der Waals surface area contributed by atoms with Crippen molar-refractivity contribution in [2.24, 2.45) is 5.92 Å². The molecule has 20 heavy (non-hydrogen) atoms. The Kier molecular flexibility index (Phi) is 8.25. The molecule has 0 fully saturated rings. The molecule has 0 saturated heterocycles. The van der Waals surface area contributed by atoms with Gasteiger partial charge in [0.25, 0.3) is 0 Å². The molecule has 0 N–H and O–H groups in total. The Morgan fingerprint density at radius 1 is 1.10 bits per heavy atom. The Labute approximate surface area is 116 Å². The lowest BCUT2D eigenvalue weighted by Gasteiger charge is -2.20. The highest BCUT2D eigenvalue weighted by molar-refractivity contribution is 5.77. The first kappa shape index (κ1) is 18.7. The van der Waals surface area contributed by atoms with E-state index in [4.69, 9.17) is 4.74 Å². The van der Waals surface area contributed by atoms with Gasteiger partial charge in [-0.25, -0.2) is 0 Å². The van der Waals surface area contributed by atoms with E-state index < -0.39 is 31.1 Å². The van der Waals surface area contributed by atoms with Crippen molar-refractivity contribution >= 4 is 11.9 Å². The third-order valence-electron chi connectivity index (χ3n) is 2.53. The number of esters is 2. The van der Waals surface area contributed by atoms with E-state index in [1.165, 1.54) is 0 Å². The molecular formula is C13H21F3O4. The van der Waals surface area contributed by atoms with Crippen LogP contribution in [0.5, 0.6) is 0 Å². The molecule has 0 spiro atoms. The third-order valence-corrected chi connectivity index (χ3v) is 2.53. The molecular weight excluding hydrogens is 277 g/mol. The molecule has 0 aliphatic rings. The second kappa shape index (κ2) is 8.81. The Bertz CT molecular complexity index is 313. The number of halogens is 3. The number of alkyl halides is 3. The quantitative estimate of drug-likeness (QED) is 0.646. The van der Waals surface area contributed by atoms with Crippen LogP contribution >= 0.6 is 0 Å². The SMILES string of the molecule is CCCC(OC(=O)CCC(=O)OCC(F)(F)F)C(C)C. The van der Waals surface area contributed by atoms with E-state index in [2.05, 4.69) is 4.74 Å². The molecule has 1 atom stereocenters. The fourth-order valence-corrected chi connectivity index (χ4v) is 1.48. The number of carbonyl (C=O) groups excluding carboxylic acids is 2. The topological polar surface area (TPSA) is 52.6 Å². The highest BCUT2D eigenvalue weighted by Crippen LogP contribution is 2.16. The number of carbonyl (C=O) groups is 2. The van der Waals surface area contributed by atoms with Crippen LogP contribution in [0, 0.1) is 5.92 Å². The van der Waals surface area contributed by atoms with Crippen LogP contribution in [0.1, 0.15) is 46.5 Å². The summed E-state index contributed by atoms with van der Waals surface area (Å²) in [5.41, 5.74) is 0. The molecule has 1 unspecified atom stereocenters. The monoisotopic (exact) mass is 298 g/mol. The summed E-state index contributed by atoms with van der Waals surface area (Å²) >= 11 is 0. The molecule has 0 amide bonds. The van der Waals surface area contributed by atoms with E-state index in [-0.39, 0.29) is 18.4 Å². The first-order valence-corrected chi connectivity index (χ1v) is 6.57. The maximum Gasteiger partial charge on any atom is 0.422 e. The third kappa shape index (κ3) is 9.63. The summed E-state index contributed by atoms with van der Waals surface area (Å²) < 4.78 is 44.5. The highest BCUT2D eigenvalue weighted by Gasteiger charge is 2.29. The zero-order valence-electron chi connectivity index (χ0n) is 12.0. The Morgan fingerprint density at radius 2 is 1.65 bits per heavy atom. The van der Waals surface area contributed by atoms with Crippen molar-refractivity contribution in [3.63, 3.8) is 0 Å². The largest absolute Gasteiger partial charge is 0.462 e. The second-order valence-electron chi connectivity index (χ2n) is 4.84. The first-order valence-electron chi connectivity index (χ1n) is 6.57. The fourth-order valence-electron chi connectivity index (χ4n) is 1.48. The van der Waals surface area contributed by atoms with E-state index in [0.29, 0.717) is 6.42 Å². The summed E-state index contributed by atoms with van der Waals surface area (Å²) in [6.45, 7) is 4.14. The molecule has 0 heterocycles. The predicted octanol–water partition coefficient (Wildman–Crippen LogP) is 3.24. The van der Waals surface area contributed by atoms with Crippen LogP contribution in [0.2, 0.25) is 0 Å². The van der Waals surface area contributed by atoms with Gasteiger partial charge in [0, 0.05) is 0 Å². The Hall–Kier alpha value is -1.27. The zero-order valence-corrected chi connectivity index (χ0v) is 12.0. The maximum absolute atomic E-state index is 11.8. The first-order chi connectivity index (χ1) is 9.15. The van der Waals surface area contributed by atoms with Gasteiger partial charge in [-0.3, -0.25) is 9.59 Å². The number of rotatable bonds is 8. The smallest absolute Gasteiger partial charge is 0.422 e. The van der Waals surface area contributed by atoms with Gasteiger partial charge >= 0.3 is 18.1 Å². The molecule has 118 valence electrons. The van der Waals surface area contributed by atoms with Crippen molar-refractivity contribution in [2.75, 3.05) is 6.61 Å². The van der Waals surface area contributed by atoms with Gasteiger partial charge < -0.3 is 9.47 Å². The lowest BCUT2D eigenvalue weighted by Crippen LogP contribution is -2.24. The minimum atomic E-state index is -4.56. The number of hydrogen-bond acceptors (Lipinski definition) is 4. The number of ether oxygens (including phenoxy) is 2. The van der Waals surface area contributed by atoms with E-state index in [0.717, 1.165) is 6.42 Å². The zero-order chi connectivity index (χ0) is 15.8. The van der Waals surface area contributed by atoms with Crippen molar-refractivity contribution in [2.45, 2.75) is 58.7 Å². The van der Waals surface area contributed by atoms with Crippen LogP contribution in [0.3, 0.4) is 0 Å². The maximum atomic E-state index is 11.8. The summed E-state index contributed by atoms with van der Waals surface area (Å²) in [6, 6.07) is 0. The van der Waals surface area contributed by atoms with Gasteiger partial charge in [-0.1, -0.05) is 27.2 Å². The van der Waals surface area contributed by atoms with Crippen molar-refractivity contribution in [1.82, 2.24) is 0 Å². The molecule has 0 rings (SSSR count). The molecule has 0 aromatic heterocycles. The van der Waals surface area contributed by atoms with Crippen LogP contribution in [-0.2, 0) is 19.1 Å². The summed E-state index contributed by atoms with van der Waals surface area (Å²) in [4.78, 5) is 22.5. The highest BCUT2D eigenvalue weighted by atomic mass is 19.4. The summed E-state index contributed by atoms with van der Waals surface area (Å²) in [7, 11) is 0. The molecule has 4 nitrogen and oxygen atoms in total. The Morgan fingerprint density at radius 3 is 2.10 bits per heavy atom. The van der Waals surface area contributed by atoms with Crippen LogP contribution in [-0.4, -0.2) is 30.8 Å². The predicted molar refractivity (Wildman–Crippen MR) is 65.9 cm³/mol. The van der Waals surface area contributed by atoms with Crippen molar-refractivity contribution in [3.05, 3.63) is 0 Å². The van der Waals surface area contributed by atoms with Crippen LogP contribution in [0.25, 0.3) is 0 Å². The van der Waals surface area contributed by atoms with Crippen LogP contribution in [0.4, 0.5) is 13.2 Å². The normalized spacial score (nSPS) is 13.2. The lowest BCUT2D eigenvalue weighted by atomic mass is 10.0. The van der Waals surface area contributed by atoms with Crippen LogP contribution in [0.15, 0.2) is 0 Å². The molecule has 0 aromatic carbocycles. The van der Waals surface area contributed by atoms with Gasteiger partial charge in [-0.05, 0) is 12.3 Å². The molecule has 0 aromatic rings. The second-order valence-corrected chi connectivity index (χ2v) is 4.84. The average Bonchev–Trinajstić information content (AvgIpc) is 2.32. The van der Waals surface area contributed by atoms with E-state index in [1.807, 2.05) is 20.8 Å². The Balaban J connectivity index is 4.00. The average molecular weight is 298 g/mol. The number of hydrogen-bond donors (Lipinski definition) is 0. The van der Waals surface area contributed by atoms with Gasteiger partial charge in [0.2, 0.25) is 0 Å². The molecule has 0 aliphatic heterocycles. The van der Waals surface area contributed by atoms with Gasteiger partial charge in [0.15, 0.2) is 6.61 Å². The molecule has 0 aliphatic carbocycles. The summed E-state index contributed by atoms with van der Waals surface area (Å²) in [6.07, 6.45) is -3.92. The molecule has 0 bridgehead atoms. The van der Waals surface area contributed by atoms with Crippen LogP contribution < -0.4 is 0 Å². The fraction of sp³-hybridized carbons (Fsp3) is 0.846. The van der Waals surface area contributed by atoms with Gasteiger partial charge in [-0.2, -0.15) is 13.2 Å². The molecule has 0 saturated carbocycles. The van der Waals surface area contributed by atoms with E-state index >= 15 is 0 Å². The van der Waals surface area contributed by atoms with Crippen molar-refractivity contribution < 1.29 is 32.2 Å². The van der Waals surface area contributed by atoms with Crippen molar-refractivity contribution in [3.8, 4) is 0 Å². The molecule has 0 radical (unpaired) electrons. The van der Waals surface area contributed by atoms with E-state index in [9.17, 15) is 22.8 Å². The van der Waals surface area contributed by atoms with Crippen molar-refractivity contribution in [1.29, 1.82) is 0 Å². The minimum absolute atomic E-state index is 0.149. The molecule has 7 heteroatoms. The summed E-state index contributed by atoms with van der Waals surface area (Å²) in [5, 5.41) is 0. The van der Waals surface area contributed by atoms with E-state index in [1.54, 1.807) is 0 Å². The standard InChI is InChI=1S/C13H21F3O4/c1-4-5-10(9(2)3)20-12(18)7-6-11(17)19-8-13(14,15)16/h9-10H,4-8H2,1-3H3. The van der Waals surface area contributed by atoms with Gasteiger partial charge in [0.05, 0.1) is 12.8 Å². The summed E-state index contributed by atoms with van der Waals surface area (Å²) in [5.74, 6) is -1.51. The minimum Gasteiger partial charge on any atom is -0.462 e. The van der Waals surface area contributed by atoms with Gasteiger partial charge in [0.1, 0.15) is 6.10 Å².